The largest absolute Gasteiger partial charge is 0.472 e. The van der Waals surface area contributed by atoms with Crippen LogP contribution in [-0.2, 0) is 4.79 Å². The van der Waals surface area contributed by atoms with Crippen molar-refractivity contribution < 1.29 is 9.21 Å². The van der Waals surface area contributed by atoms with Gasteiger partial charge in [0.15, 0.2) is 11.5 Å². The minimum atomic E-state index is 0.00977. The van der Waals surface area contributed by atoms with Crippen LogP contribution in [0.2, 0.25) is 0 Å². The fourth-order valence-electron chi connectivity index (χ4n) is 5.09. The topological polar surface area (TPSA) is 150 Å². The fraction of sp³-hybridized carbons (Fsp3) is 0.214. The van der Waals surface area contributed by atoms with Crippen molar-refractivity contribution in [2.24, 2.45) is 5.92 Å². The van der Waals surface area contributed by atoms with Crippen LogP contribution in [0.1, 0.15) is 19.3 Å². The Bertz CT molecular complexity index is 1780. The predicted molar refractivity (Wildman–Crippen MR) is 147 cm³/mol. The first-order valence-corrected chi connectivity index (χ1v) is 12.9. The molecule has 0 aromatic carbocycles. The Labute approximate surface area is 222 Å². The van der Waals surface area contributed by atoms with Crippen molar-refractivity contribution in [3.63, 3.8) is 0 Å². The number of furan rings is 1. The summed E-state index contributed by atoms with van der Waals surface area (Å²) in [6.45, 7) is 1.94. The van der Waals surface area contributed by atoms with E-state index in [1.54, 1.807) is 31.1 Å². The van der Waals surface area contributed by atoms with E-state index in [4.69, 9.17) is 14.4 Å². The third-order valence-electron chi connectivity index (χ3n) is 7.08. The molecule has 39 heavy (non-hydrogen) atoms. The highest BCUT2D eigenvalue weighted by molar-refractivity contribution is 5.95. The number of aromatic nitrogens is 7. The van der Waals surface area contributed by atoms with E-state index in [2.05, 4.69) is 35.8 Å². The van der Waals surface area contributed by atoms with Crippen LogP contribution in [0.15, 0.2) is 65.9 Å². The number of carbonyl (C=O) groups excluding carboxylic acids is 1. The molecule has 7 heterocycles. The highest BCUT2D eigenvalue weighted by Crippen LogP contribution is 2.31. The number of pyridine rings is 3. The first-order valence-electron chi connectivity index (χ1n) is 12.9. The maximum Gasteiger partial charge on any atom is 0.224 e. The first-order chi connectivity index (χ1) is 19.2. The number of carbonyl (C=O) groups is 1. The highest BCUT2D eigenvalue weighted by Gasteiger charge is 2.19. The Morgan fingerprint density at radius 3 is 2.77 bits per heavy atom. The minimum absolute atomic E-state index is 0.00977. The van der Waals surface area contributed by atoms with E-state index in [1.807, 2.05) is 30.3 Å². The van der Waals surface area contributed by atoms with E-state index in [0.29, 0.717) is 40.8 Å². The molecule has 11 nitrogen and oxygen atoms in total. The molecule has 11 heteroatoms. The van der Waals surface area contributed by atoms with Gasteiger partial charge in [0.05, 0.1) is 41.1 Å². The first kappa shape index (κ1) is 23.2. The number of rotatable bonds is 6. The number of amides is 1. The van der Waals surface area contributed by atoms with E-state index >= 15 is 0 Å². The van der Waals surface area contributed by atoms with Crippen LogP contribution >= 0.6 is 0 Å². The zero-order valence-electron chi connectivity index (χ0n) is 20.9. The maximum absolute atomic E-state index is 12.6. The quantitative estimate of drug-likeness (QED) is 0.250. The summed E-state index contributed by atoms with van der Waals surface area (Å²) < 4.78 is 5.24. The van der Waals surface area contributed by atoms with Crippen LogP contribution in [0.4, 0.5) is 5.69 Å². The Hall–Kier alpha value is -4.90. The number of anilines is 1. The van der Waals surface area contributed by atoms with Crippen molar-refractivity contribution in [1.29, 1.82) is 0 Å². The highest BCUT2D eigenvalue weighted by atomic mass is 16.3. The maximum atomic E-state index is 12.6. The number of hydrogen-bond acceptors (Lipinski definition) is 8. The van der Waals surface area contributed by atoms with Crippen LogP contribution in [0.3, 0.4) is 0 Å². The Balaban J connectivity index is 1.19. The number of nitrogens with zero attached hydrogens (tertiary/aromatic N) is 5. The van der Waals surface area contributed by atoms with Gasteiger partial charge in [-0.2, -0.15) is 5.10 Å². The second-order valence-electron chi connectivity index (χ2n) is 9.73. The number of H-pyrrole nitrogens is 2. The van der Waals surface area contributed by atoms with Crippen LogP contribution in [0, 0.1) is 5.92 Å². The molecule has 6 aromatic heterocycles. The molecule has 1 fully saturated rings. The number of hydrogen-bond donors (Lipinski definition) is 4. The summed E-state index contributed by atoms with van der Waals surface area (Å²) in [6, 6.07) is 9.45. The molecule has 0 spiro atoms. The number of aromatic amines is 2. The normalized spacial score (nSPS) is 14.3. The molecule has 194 valence electrons. The van der Waals surface area contributed by atoms with Gasteiger partial charge in [0.25, 0.3) is 0 Å². The van der Waals surface area contributed by atoms with Gasteiger partial charge in [-0.25, -0.2) is 9.97 Å². The lowest BCUT2D eigenvalue weighted by Crippen LogP contribution is -2.30. The standard InChI is InChI=1S/C28H25N9O2/c38-23(11-16-3-7-29-8-4-16)32-19-12-18(13-30-14-19)20-1-2-22-26(33-20)27(37-36-22)28-34-21-5-9-31-24(25(21)35-28)17-6-10-39-15-17/h1-2,5-6,9-10,12-16,29H,3-4,7-8,11H2,(H,32,38)(H,34,35)(H,36,37). The molecule has 1 aliphatic heterocycles. The lowest BCUT2D eigenvalue weighted by molar-refractivity contribution is -0.117. The van der Waals surface area contributed by atoms with Crippen LogP contribution in [0.25, 0.3) is 56.1 Å². The Morgan fingerprint density at radius 2 is 1.90 bits per heavy atom. The molecule has 0 unspecified atom stereocenters. The molecule has 6 aromatic rings. The lowest BCUT2D eigenvalue weighted by atomic mass is 9.94. The summed E-state index contributed by atoms with van der Waals surface area (Å²) in [7, 11) is 0. The molecule has 0 saturated carbocycles. The van der Waals surface area contributed by atoms with E-state index in [0.717, 1.165) is 59.3 Å². The summed E-state index contributed by atoms with van der Waals surface area (Å²) in [5, 5.41) is 13.9. The van der Waals surface area contributed by atoms with Gasteiger partial charge in [0.1, 0.15) is 16.7 Å². The SMILES string of the molecule is O=C(CC1CCNCC1)Nc1cncc(-c2ccc3[nH]nc(-c4nc5c(-c6ccoc6)nccc5[nH]4)c3n2)c1. The van der Waals surface area contributed by atoms with Gasteiger partial charge in [-0.15, -0.1) is 0 Å². The van der Waals surface area contributed by atoms with Crippen LogP contribution in [0.5, 0.6) is 0 Å². The third-order valence-corrected chi connectivity index (χ3v) is 7.08. The van der Waals surface area contributed by atoms with E-state index < -0.39 is 0 Å². The fourth-order valence-corrected chi connectivity index (χ4v) is 5.09. The molecular weight excluding hydrogens is 494 g/mol. The second-order valence-corrected chi connectivity index (χ2v) is 9.73. The average molecular weight is 520 g/mol. The van der Waals surface area contributed by atoms with Gasteiger partial charge in [0, 0.05) is 29.9 Å². The van der Waals surface area contributed by atoms with E-state index in [-0.39, 0.29) is 5.91 Å². The Kier molecular flexibility index (Phi) is 5.82. The monoisotopic (exact) mass is 519 g/mol. The van der Waals surface area contributed by atoms with Gasteiger partial charge in [-0.1, -0.05) is 0 Å². The summed E-state index contributed by atoms with van der Waals surface area (Å²) in [4.78, 5) is 34.5. The molecule has 0 radical (unpaired) electrons. The molecule has 0 aliphatic carbocycles. The molecule has 7 rings (SSSR count). The summed E-state index contributed by atoms with van der Waals surface area (Å²) in [6.07, 6.45) is 10.9. The lowest BCUT2D eigenvalue weighted by Gasteiger charge is -2.21. The third kappa shape index (κ3) is 4.53. The summed E-state index contributed by atoms with van der Waals surface area (Å²) >= 11 is 0. The number of imidazole rings is 1. The van der Waals surface area contributed by atoms with Gasteiger partial charge in [-0.3, -0.25) is 19.9 Å². The van der Waals surface area contributed by atoms with Gasteiger partial charge < -0.3 is 20.0 Å². The number of fused-ring (bicyclic) bond motifs is 2. The molecule has 1 amide bonds. The van der Waals surface area contributed by atoms with Crippen LogP contribution in [-0.4, -0.2) is 54.1 Å². The average Bonchev–Trinajstić information content (AvgIpc) is 3.73. The zero-order chi connectivity index (χ0) is 26.2. The van der Waals surface area contributed by atoms with Gasteiger partial charge >= 0.3 is 0 Å². The van der Waals surface area contributed by atoms with Gasteiger partial charge in [-0.05, 0) is 62.2 Å². The van der Waals surface area contributed by atoms with Crippen molar-refractivity contribution in [1.82, 2.24) is 40.4 Å². The minimum Gasteiger partial charge on any atom is -0.472 e. The molecular formula is C28H25N9O2. The number of nitrogens with one attached hydrogen (secondary N) is 4. The Morgan fingerprint density at radius 1 is 1.00 bits per heavy atom. The molecule has 0 atom stereocenters. The zero-order valence-corrected chi connectivity index (χ0v) is 20.9. The molecule has 0 bridgehead atoms. The predicted octanol–water partition coefficient (Wildman–Crippen LogP) is 4.55. The van der Waals surface area contributed by atoms with Gasteiger partial charge in [0.2, 0.25) is 5.91 Å². The van der Waals surface area contributed by atoms with E-state index in [1.165, 1.54) is 0 Å². The molecule has 1 saturated heterocycles. The smallest absolute Gasteiger partial charge is 0.224 e. The molecule has 4 N–H and O–H groups in total. The van der Waals surface area contributed by atoms with Crippen molar-refractivity contribution in [3.8, 4) is 34.0 Å². The summed E-state index contributed by atoms with van der Waals surface area (Å²) in [5.41, 5.74) is 7.33. The molecule has 1 aliphatic rings. The van der Waals surface area contributed by atoms with Crippen LogP contribution < -0.4 is 10.6 Å². The number of piperidine rings is 1. The van der Waals surface area contributed by atoms with Crippen molar-refractivity contribution in [2.75, 3.05) is 18.4 Å². The summed E-state index contributed by atoms with van der Waals surface area (Å²) in [5.74, 6) is 1.00. The second kappa shape index (κ2) is 9.76. The van der Waals surface area contributed by atoms with Crippen molar-refractivity contribution in [2.45, 2.75) is 19.3 Å². The van der Waals surface area contributed by atoms with Crippen molar-refractivity contribution in [3.05, 3.63) is 61.4 Å². The van der Waals surface area contributed by atoms with E-state index in [9.17, 15) is 4.79 Å². The van der Waals surface area contributed by atoms with Crippen molar-refractivity contribution >= 4 is 33.7 Å².